The Bertz CT molecular complexity index is 1280. The molecule has 1 spiro atoms. The van der Waals surface area contributed by atoms with Crippen molar-refractivity contribution in [3.63, 3.8) is 0 Å². The molecule has 2 saturated heterocycles. The van der Waals surface area contributed by atoms with Crippen molar-refractivity contribution in [3.05, 3.63) is 58.7 Å². The molecule has 250 valence electrons. The highest BCUT2D eigenvalue weighted by Gasteiger charge is 2.53. The van der Waals surface area contributed by atoms with Gasteiger partial charge in [0.1, 0.15) is 24.7 Å². The number of carbonyl (C=O) groups excluding carboxylic acids is 1. The summed E-state index contributed by atoms with van der Waals surface area (Å²) in [4.78, 5) is 19.3. The van der Waals surface area contributed by atoms with Crippen LogP contribution >= 0.6 is 0 Å². The predicted octanol–water partition coefficient (Wildman–Crippen LogP) is 6.74. The van der Waals surface area contributed by atoms with Gasteiger partial charge in [0.25, 0.3) is 0 Å². The average Bonchev–Trinajstić information content (AvgIpc) is 2.94. The van der Waals surface area contributed by atoms with Crippen molar-refractivity contribution < 1.29 is 34.1 Å². The van der Waals surface area contributed by atoms with E-state index in [0.717, 1.165) is 17.7 Å². The van der Waals surface area contributed by atoms with Crippen LogP contribution in [0.15, 0.2) is 63.9 Å². The standard InChI is InChI=1S/C37H55NO7/c1-22(2)15-26(6)34-28(8)32(38-42-9)20-36(45-34)19-30-18-29(44-36)14-13-24(4)16-23(3)11-10-12-27(7)37(41)21-33(39)25(5)17-31(37)35(40)43-30/h10-13,15,17,22-23,28-31,33-34,39,41H,14,16,18-21H2,1-9H3/b11-10?,24-13?,26-15+,27-12?,38-32+/t23-,28-,29+,30-,31-,33-,34+,36-,37+/m0/s1. The quantitative estimate of drug-likeness (QED) is 0.203. The zero-order valence-electron chi connectivity index (χ0n) is 28.7. The van der Waals surface area contributed by atoms with Gasteiger partial charge in [0.2, 0.25) is 0 Å². The van der Waals surface area contributed by atoms with Gasteiger partial charge >= 0.3 is 5.97 Å². The number of ether oxygens (including phenoxy) is 3. The molecule has 0 amide bonds. The van der Waals surface area contributed by atoms with Gasteiger partial charge in [0.15, 0.2) is 5.79 Å². The highest BCUT2D eigenvalue weighted by molar-refractivity contribution is 5.88. The van der Waals surface area contributed by atoms with Crippen molar-refractivity contribution in [3.8, 4) is 0 Å². The second-order valence-corrected chi connectivity index (χ2v) is 14.3. The first-order valence-electron chi connectivity index (χ1n) is 16.6. The van der Waals surface area contributed by atoms with E-state index in [0.29, 0.717) is 42.7 Å². The van der Waals surface area contributed by atoms with E-state index in [2.05, 4.69) is 64.9 Å². The van der Waals surface area contributed by atoms with E-state index in [1.807, 2.05) is 19.1 Å². The van der Waals surface area contributed by atoms with Crippen molar-refractivity contribution in [1.29, 1.82) is 0 Å². The van der Waals surface area contributed by atoms with Crippen LogP contribution in [0.4, 0.5) is 0 Å². The summed E-state index contributed by atoms with van der Waals surface area (Å²) in [5.74, 6) is -1.96. The molecular weight excluding hydrogens is 570 g/mol. The molecule has 9 atom stereocenters. The molecule has 8 nitrogen and oxygen atoms in total. The van der Waals surface area contributed by atoms with Gasteiger partial charge in [0, 0.05) is 31.6 Å². The third kappa shape index (κ3) is 8.26. The van der Waals surface area contributed by atoms with Gasteiger partial charge in [-0.25, -0.2) is 0 Å². The number of fused-ring (bicyclic) bond motifs is 3. The first-order valence-corrected chi connectivity index (χ1v) is 16.6. The van der Waals surface area contributed by atoms with Crippen LogP contribution in [0.5, 0.6) is 0 Å². The van der Waals surface area contributed by atoms with Gasteiger partial charge in [-0.3, -0.25) is 4.79 Å². The molecule has 0 saturated carbocycles. The van der Waals surface area contributed by atoms with Gasteiger partial charge in [-0.05, 0) is 69.1 Å². The Morgan fingerprint density at radius 2 is 1.89 bits per heavy atom. The number of carbonyl (C=O) groups is 1. The zero-order chi connectivity index (χ0) is 33.1. The minimum absolute atomic E-state index is 0.0179. The molecule has 0 aromatic rings. The number of hydrogen-bond donors (Lipinski definition) is 2. The predicted molar refractivity (Wildman–Crippen MR) is 176 cm³/mol. The van der Waals surface area contributed by atoms with Crippen molar-refractivity contribution in [2.75, 3.05) is 7.11 Å². The summed E-state index contributed by atoms with van der Waals surface area (Å²) in [7, 11) is 1.55. The zero-order valence-corrected chi connectivity index (χ0v) is 28.7. The van der Waals surface area contributed by atoms with Gasteiger partial charge in [-0.2, -0.15) is 0 Å². The molecule has 1 aliphatic carbocycles. The third-order valence-electron chi connectivity index (χ3n) is 9.82. The molecule has 0 aromatic heterocycles. The minimum atomic E-state index is -1.59. The maximum absolute atomic E-state index is 14.0. The fourth-order valence-corrected chi connectivity index (χ4v) is 7.40. The Labute approximate surface area is 269 Å². The molecular formula is C37H55NO7. The summed E-state index contributed by atoms with van der Waals surface area (Å²) < 4.78 is 20.1. The molecule has 2 N–H and O–H groups in total. The Balaban J connectivity index is 1.77. The lowest BCUT2D eigenvalue weighted by Gasteiger charge is -2.50. The smallest absolute Gasteiger partial charge is 0.316 e. The van der Waals surface area contributed by atoms with Crippen LogP contribution in [-0.2, 0) is 23.8 Å². The van der Waals surface area contributed by atoms with Gasteiger partial charge in [-0.1, -0.05) is 74.9 Å². The second kappa shape index (κ2) is 14.5. The number of aliphatic hydroxyl groups excluding tert-OH is 1. The van der Waals surface area contributed by atoms with Gasteiger partial charge in [-0.15, -0.1) is 0 Å². The Kier molecular flexibility index (Phi) is 11.4. The van der Waals surface area contributed by atoms with E-state index in [1.165, 1.54) is 5.57 Å². The fourth-order valence-electron chi connectivity index (χ4n) is 7.40. The van der Waals surface area contributed by atoms with Crippen LogP contribution in [0, 0.1) is 23.7 Å². The molecule has 2 fully saturated rings. The Morgan fingerprint density at radius 1 is 1.16 bits per heavy atom. The lowest BCUT2D eigenvalue weighted by molar-refractivity contribution is -0.313. The van der Waals surface area contributed by atoms with Crippen LogP contribution in [0.3, 0.4) is 0 Å². The highest BCUT2D eigenvalue weighted by atomic mass is 16.7. The van der Waals surface area contributed by atoms with E-state index in [9.17, 15) is 15.0 Å². The summed E-state index contributed by atoms with van der Waals surface area (Å²) in [6.07, 6.45) is 12.8. The van der Waals surface area contributed by atoms with E-state index in [-0.39, 0.29) is 30.5 Å². The summed E-state index contributed by atoms with van der Waals surface area (Å²) >= 11 is 0. The number of oxime groups is 1. The largest absolute Gasteiger partial charge is 0.462 e. The molecule has 0 radical (unpaired) electrons. The Morgan fingerprint density at radius 3 is 2.58 bits per heavy atom. The molecule has 45 heavy (non-hydrogen) atoms. The SMILES string of the molecule is CO/N=C1\C[C@]2(C[C@@H]3C[C@@H](CC=C(C)C[C@@H](C)C=CC=C(C)[C@]4(O)C[C@H](O)C(C)=C[C@H]4C(=O)O3)O2)O[C@H](/C(C)=C/C(C)C)[C@H]1C. The van der Waals surface area contributed by atoms with Gasteiger partial charge < -0.3 is 29.3 Å². The second-order valence-electron chi connectivity index (χ2n) is 14.3. The van der Waals surface area contributed by atoms with Gasteiger partial charge in [0.05, 0.1) is 24.0 Å². The van der Waals surface area contributed by atoms with Crippen molar-refractivity contribution >= 4 is 11.7 Å². The van der Waals surface area contributed by atoms with Crippen LogP contribution in [0.25, 0.3) is 0 Å². The normalized spacial score (nSPS) is 39.6. The van der Waals surface area contributed by atoms with Crippen molar-refractivity contribution in [1.82, 2.24) is 0 Å². The van der Waals surface area contributed by atoms with Crippen LogP contribution in [-0.4, -0.2) is 64.8 Å². The van der Waals surface area contributed by atoms with Crippen LogP contribution in [0.2, 0.25) is 0 Å². The molecule has 4 aliphatic rings. The van der Waals surface area contributed by atoms with Crippen LogP contribution in [0.1, 0.15) is 93.9 Å². The molecule has 3 heterocycles. The highest BCUT2D eigenvalue weighted by Crippen LogP contribution is 2.45. The number of nitrogens with zero attached hydrogens (tertiary/aromatic N) is 1. The lowest BCUT2D eigenvalue weighted by atomic mass is 9.71. The van der Waals surface area contributed by atoms with E-state index in [4.69, 9.17) is 19.0 Å². The monoisotopic (exact) mass is 625 g/mol. The number of aliphatic hydroxyl groups is 2. The number of allylic oxidation sites excluding steroid dienone is 5. The maximum atomic E-state index is 14.0. The molecule has 4 rings (SSSR count). The third-order valence-corrected chi connectivity index (χ3v) is 9.82. The fraction of sp³-hybridized carbons (Fsp3) is 0.676. The van der Waals surface area contributed by atoms with Crippen molar-refractivity contribution in [2.45, 2.75) is 130 Å². The number of hydrogen-bond acceptors (Lipinski definition) is 8. The topological polar surface area (TPSA) is 107 Å². The average molecular weight is 626 g/mol. The Hall–Kier alpha value is -2.52. The number of rotatable bonds is 3. The van der Waals surface area contributed by atoms with E-state index >= 15 is 0 Å². The molecule has 0 aromatic carbocycles. The molecule has 2 bridgehead atoms. The maximum Gasteiger partial charge on any atom is 0.316 e. The van der Waals surface area contributed by atoms with Crippen molar-refractivity contribution in [2.24, 2.45) is 28.8 Å². The summed E-state index contributed by atoms with van der Waals surface area (Å²) in [5, 5.41) is 27.1. The lowest BCUT2D eigenvalue weighted by Crippen LogP contribution is -2.57. The first kappa shape index (κ1) is 35.3. The number of esters is 1. The van der Waals surface area contributed by atoms with E-state index in [1.54, 1.807) is 20.1 Å². The minimum Gasteiger partial charge on any atom is -0.462 e. The van der Waals surface area contributed by atoms with E-state index < -0.39 is 35.5 Å². The summed E-state index contributed by atoms with van der Waals surface area (Å²) in [6, 6.07) is 0. The van der Waals surface area contributed by atoms with Crippen LogP contribution < -0.4 is 0 Å². The molecule has 0 unspecified atom stereocenters. The summed E-state index contributed by atoms with van der Waals surface area (Å²) in [5.41, 5.74) is 2.87. The first-order chi connectivity index (χ1) is 21.2. The summed E-state index contributed by atoms with van der Waals surface area (Å²) in [6.45, 7) is 16.3. The molecule has 3 aliphatic heterocycles. The molecule has 8 heteroatoms.